The van der Waals surface area contributed by atoms with E-state index in [2.05, 4.69) is 5.32 Å². The molecule has 132 valence electrons. The Morgan fingerprint density at radius 2 is 1.92 bits per heavy atom. The summed E-state index contributed by atoms with van der Waals surface area (Å²) in [6.07, 6.45) is 0.261. The van der Waals surface area contributed by atoms with Crippen molar-refractivity contribution >= 4 is 46.2 Å². The maximum atomic E-state index is 12.0. The van der Waals surface area contributed by atoms with Crippen molar-refractivity contribution in [3.05, 3.63) is 44.1 Å². The molecule has 2 aromatic rings. The van der Waals surface area contributed by atoms with Crippen LogP contribution in [0, 0.1) is 0 Å². The quantitative estimate of drug-likeness (QED) is 0.742. The summed E-state index contributed by atoms with van der Waals surface area (Å²) in [6.45, 7) is 1.23. The van der Waals surface area contributed by atoms with Crippen LogP contribution in [0.25, 0.3) is 0 Å². The molecule has 0 fully saturated rings. The summed E-state index contributed by atoms with van der Waals surface area (Å²) in [7, 11) is 0. The molecule has 1 aromatic heterocycles. The van der Waals surface area contributed by atoms with E-state index in [1.54, 1.807) is 24.3 Å². The molecule has 0 saturated carbocycles. The standard InChI is InChI=1S/C17H15Cl2NO4S/c18-11-7-10(8-13-17(11)24-6-5-23-13)9-20-16(22)4-1-12(21)14-2-3-15(19)25-14/h2-3,7-8H,1,4-6,9H2,(H,20,22). The monoisotopic (exact) mass is 399 g/mol. The minimum Gasteiger partial charge on any atom is -0.486 e. The van der Waals surface area contributed by atoms with E-state index in [-0.39, 0.29) is 24.5 Å². The first-order valence-corrected chi connectivity index (χ1v) is 9.23. The van der Waals surface area contributed by atoms with Gasteiger partial charge < -0.3 is 14.8 Å². The molecule has 0 spiro atoms. The number of carbonyl (C=O) groups excluding carboxylic acids is 2. The van der Waals surface area contributed by atoms with Gasteiger partial charge in [-0.25, -0.2) is 0 Å². The van der Waals surface area contributed by atoms with Gasteiger partial charge >= 0.3 is 0 Å². The largest absolute Gasteiger partial charge is 0.486 e. The van der Waals surface area contributed by atoms with Crippen LogP contribution in [0.5, 0.6) is 11.5 Å². The highest BCUT2D eigenvalue weighted by Gasteiger charge is 2.17. The Morgan fingerprint density at radius 1 is 1.12 bits per heavy atom. The Hall–Kier alpha value is -1.76. The van der Waals surface area contributed by atoms with Crippen LogP contribution in [0.2, 0.25) is 9.36 Å². The highest BCUT2D eigenvalue weighted by molar-refractivity contribution is 7.18. The second kappa shape index (κ2) is 8.08. The number of carbonyl (C=O) groups is 2. The van der Waals surface area contributed by atoms with Gasteiger partial charge in [-0.05, 0) is 29.8 Å². The fraction of sp³-hybridized carbons (Fsp3) is 0.294. The Bertz CT molecular complexity index is 806. The second-order valence-electron chi connectivity index (χ2n) is 5.41. The Balaban J connectivity index is 1.51. The van der Waals surface area contributed by atoms with Crippen molar-refractivity contribution in [1.82, 2.24) is 5.32 Å². The average Bonchev–Trinajstić information content (AvgIpc) is 3.04. The minimum atomic E-state index is -0.206. The lowest BCUT2D eigenvalue weighted by molar-refractivity contribution is -0.121. The molecule has 1 aromatic carbocycles. The maximum absolute atomic E-state index is 12.0. The zero-order chi connectivity index (χ0) is 17.8. The molecular weight excluding hydrogens is 385 g/mol. The third-order valence-electron chi connectivity index (χ3n) is 3.57. The molecule has 0 unspecified atom stereocenters. The smallest absolute Gasteiger partial charge is 0.220 e. The summed E-state index contributed by atoms with van der Waals surface area (Å²) in [4.78, 5) is 24.5. The number of thiophene rings is 1. The molecule has 5 nitrogen and oxygen atoms in total. The fourth-order valence-electron chi connectivity index (χ4n) is 2.37. The van der Waals surface area contributed by atoms with E-state index in [4.69, 9.17) is 32.7 Å². The maximum Gasteiger partial charge on any atom is 0.220 e. The number of hydrogen-bond donors (Lipinski definition) is 1. The second-order valence-corrected chi connectivity index (χ2v) is 7.53. The van der Waals surface area contributed by atoms with E-state index in [0.717, 1.165) is 5.56 Å². The highest BCUT2D eigenvalue weighted by atomic mass is 35.5. The average molecular weight is 400 g/mol. The number of benzene rings is 1. The molecule has 0 saturated heterocycles. The van der Waals surface area contributed by atoms with Crippen molar-refractivity contribution in [3.63, 3.8) is 0 Å². The van der Waals surface area contributed by atoms with Gasteiger partial charge in [-0.15, -0.1) is 11.3 Å². The summed E-state index contributed by atoms with van der Waals surface area (Å²) < 4.78 is 11.5. The van der Waals surface area contributed by atoms with Crippen molar-refractivity contribution in [2.24, 2.45) is 0 Å². The number of amides is 1. The number of ketones is 1. The van der Waals surface area contributed by atoms with Crippen molar-refractivity contribution in [2.45, 2.75) is 19.4 Å². The van der Waals surface area contributed by atoms with E-state index in [1.165, 1.54) is 11.3 Å². The molecule has 2 heterocycles. The number of Topliss-reactive ketones (excluding diaryl/α,β-unsaturated/α-hetero) is 1. The van der Waals surface area contributed by atoms with Gasteiger partial charge in [0.2, 0.25) is 5.91 Å². The van der Waals surface area contributed by atoms with Crippen LogP contribution in [0.15, 0.2) is 24.3 Å². The predicted molar refractivity (Wildman–Crippen MR) is 97.2 cm³/mol. The first-order valence-electron chi connectivity index (χ1n) is 7.66. The number of rotatable bonds is 6. The lowest BCUT2D eigenvalue weighted by Crippen LogP contribution is -2.23. The number of nitrogens with one attached hydrogen (secondary N) is 1. The van der Waals surface area contributed by atoms with Crippen LogP contribution >= 0.6 is 34.5 Å². The molecule has 1 amide bonds. The van der Waals surface area contributed by atoms with Gasteiger partial charge in [-0.3, -0.25) is 9.59 Å². The summed E-state index contributed by atoms with van der Waals surface area (Å²) >= 11 is 13.2. The van der Waals surface area contributed by atoms with Gasteiger partial charge in [0.1, 0.15) is 13.2 Å². The lowest BCUT2D eigenvalue weighted by atomic mass is 10.1. The summed E-state index contributed by atoms with van der Waals surface area (Å²) in [5.41, 5.74) is 0.805. The van der Waals surface area contributed by atoms with E-state index >= 15 is 0 Å². The summed E-state index contributed by atoms with van der Waals surface area (Å²) in [5.74, 6) is 0.812. The van der Waals surface area contributed by atoms with Crippen LogP contribution in [0.1, 0.15) is 28.1 Å². The molecule has 1 N–H and O–H groups in total. The van der Waals surface area contributed by atoms with Gasteiger partial charge in [-0.2, -0.15) is 0 Å². The molecule has 1 aliphatic heterocycles. The zero-order valence-corrected chi connectivity index (χ0v) is 15.5. The molecule has 1 aliphatic rings. The zero-order valence-electron chi connectivity index (χ0n) is 13.1. The van der Waals surface area contributed by atoms with Gasteiger partial charge in [0.15, 0.2) is 17.3 Å². The summed E-state index contributed by atoms with van der Waals surface area (Å²) in [6, 6.07) is 6.86. The van der Waals surface area contributed by atoms with Crippen LogP contribution in [0.4, 0.5) is 0 Å². The molecular formula is C17H15Cl2NO4S. The predicted octanol–water partition coefficient (Wildman–Crippen LogP) is 4.11. The Labute approximate surface area is 158 Å². The Morgan fingerprint density at radius 3 is 2.68 bits per heavy atom. The van der Waals surface area contributed by atoms with Crippen LogP contribution in [-0.4, -0.2) is 24.9 Å². The van der Waals surface area contributed by atoms with Crippen LogP contribution in [-0.2, 0) is 11.3 Å². The molecule has 0 bridgehead atoms. The fourth-order valence-corrected chi connectivity index (χ4v) is 3.67. The van der Waals surface area contributed by atoms with Crippen molar-refractivity contribution in [3.8, 4) is 11.5 Å². The molecule has 0 radical (unpaired) electrons. The van der Waals surface area contributed by atoms with Gasteiger partial charge in [0, 0.05) is 19.4 Å². The molecule has 0 atom stereocenters. The van der Waals surface area contributed by atoms with Gasteiger partial charge in [0.25, 0.3) is 0 Å². The highest BCUT2D eigenvalue weighted by Crippen LogP contribution is 2.38. The van der Waals surface area contributed by atoms with E-state index in [0.29, 0.717) is 45.5 Å². The van der Waals surface area contributed by atoms with Crippen molar-refractivity contribution < 1.29 is 19.1 Å². The lowest BCUT2D eigenvalue weighted by Gasteiger charge is -2.20. The third-order valence-corrected chi connectivity index (χ3v) is 5.13. The van der Waals surface area contributed by atoms with E-state index in [9.17, 15) is 9.59 Å². The van der Waals surface area contributed by atoms with E-state index in [1.807, 2.05) is 0 Å². The summed E-state index contributed by atoms with van der Waals surface area (Å²) in [5, 5.41) is 3.23. The topological polar surface area (TPSA) is 64.6 Å². The van der Waals surface area contributed by atoms with Crippen molar-refractivity contribution in [1.29, 1.82) is 0 Å². The van der Waals surface area contributed by atoms with E-state index < -0.39 is 0 Å². The first kappa shape index (κ1) is 18.0. The van der Waals surface area contributed by atoms with Crippen molar-refractivity contribution in [2.75, 3.05) is 13.2 Å². The molecule has 8 heteroatoms. The first-order chi connectivity index (χ1) is 12.0. The Kier molecular flexibility index (Phi) is 5.83. The number of fused-ring (bicyclic) bond motifs is 1. The minimum absolute atomic E-state index is 0.0885. The van der Waals surface area contributed by atoms with Crippen LogP contribution < -0.4 is 14.8 Å². The van der Waals surface area contributed by atoms with Gasteiger partial charge in [-0.1, -0.05) is 23.2 Å². The molecule has 25 heavy (non-hydrogen) atoms. The normalized spacial score (nSPS) is 12.7. The van der Waals surface area contributed by atoms with Gasteiger partial charge in [0.05, 0.1) is 14.2 Å². The molecule has 3 rings (SSSR count). The number of ether oxygens (including phenoxy) is 2. The van der Waals surface area contributed by atoms with Crippen LogP contribution in [0.3, 0.4) is 0 Å². The third kappa shape index (κ3) is 4.66. The SMILES string of the molecule is O=C(CCC(=O)c1ccc(Cl)s1)NCc1cc(Cl)c2c(c1)OCCO2. The number of hydrogen-bond acceptors (Lipinski definition) is 5. The number of halogens is 2. The molecule has 0 aliphatic carbocycles.